The van der Waals surface area contributed by atoms with Gasteiger partial charge in [0.25, 0.3) is 11.5 Å². The Morgan fingerprint density at radius 3 is 2.15 bits per heavy atom. The van der Waals surface area contributed by atoms with Crippen molar-refractivity contribution >= 4 is 77.0 Å². The highest BCUT2D eigenvalue weighted by Crippen LogP contribution is 2.12. The third kappa shape index (κ3) is 11.9. The Kier molecular flexibility index (Phi) is 14.3. The van der Waals surface area contributed by atoms with Crippen LogP contribution in [0.15, 0.2) is 35.3 Å². The van der Waals surface area contributed by atoms with Gasteiger partial charge in [-0.25, -0.2) is 19.6 Å². The van der Waals surface area contributed by atoms with Gasteiger partial charge in [-0.3, -0.25) is 33.8 Å². The van der Waals surface area contributed by atoms with Crippen LogP contribution >= 0.6 is 12.6 Å². The van der Waals surface area contributed by atoms with Gasteiger partial charge in [0.2, 0.25) is 23.7 Å². The summed E-state index contributed by atoms with van der Waals surface area (Å²) in [5.74, 6) is -8.38. The molecule has 2 heterocycles. The molecule has 4 amide bonds. The standard InChI is InChI=1S/C29H35N11O11S/c30-15(24(45)37-17(7-20(42)43)25(46)38-18(11-52)28(50)51)10-33-19(41)6-5-16(27(48)49)36-23(44)12-1-3-13(4-2-12)32-8-14-9-34-22-21(35-14)26(47)40-29(31)39-22/h1-4,9,15-18,32,52H,5-8,10-11,30H2,(H,33,41)(H,36,44)(H,37,45)(H,38,46)(H,42,43)(H,48,49)(H,50,51)(H3,31,34,39,40,47)/t15-,16-,17+,18+/m1/s1. The second kappa shape index (κ2) is 18.6. The van der Waals surface area contributed by atoms with Crippen LogP contribution < -0.4 is 43.6 Å². The van der Waals surface area contributed by atoms with Gasteiger partial charge < -0.3 is 53.4 Å². The number of nitrogen functional groups attached to an aromatic ring is 1. The van der Waals surface area contributed by atoms with Crippen LogP contribution in [-0.4, -0.2) is 113 Å². The minimum Gasteiger partial charge on any atom is -0.481 e. The predicted octanol–water partition coefficient (Wildman–Crippen LogP) is -3.23. The molecule has 13 N–H and O–H groups in total. The third-order valence-electron chi connectivity index (χ3n) is 7.04. The van der Waals surface area contributed by atoms with E-state index in [0.29, 0.717) is 11.4 Å². The Morgan fingerprint density at radius 1 is 0.885 bits per heavy atom. The molecule has 4 atom stereocenters. The number of nitrogens with zero attached hydrogens (tertiary/aromatic N) is 3. The molecule has 0 saturated heterocycles. The van der Waals surface area contributed by atoms with Gasteiger partial charge in [-0.2, -0.15) is 17.6 Å². The van der Waals surface area contributed by atoms with Gasteiger partial charge >= 0.3 is 17.9 Å². The van der Waals surface area contributed by atoms with Crippen molar-refractivity contribution in [2.75, 3.05) is 23.3 Å². The van der Waals surface area contributed by atoms with Gasteiger partial charge in [-0.15, -0.1) is 0 Å². The van der Waals surface area contributed by atoms with E-state index >= 15 is 0 Å². The van der Waals surface area contributed by atoms with Crippen LogP contribution in [0.25, 0.3) is 11.2 Å². The van der Waals surface area contributed by atoms with E-state index in [1.165, 1.54) is 18.3 Å². The lowest BCUT2D eigenvalue weighted by molar-refractivity contribution is -0.143. The van der Waals surface area contributed by atoms with E-state index in [4.69, 9.17) is 21.7 Å². The fourth-order valence-corrected chi connectivity index (χ4v) is 4.54. The topological polar surface area (TPSA) is 364 Å². The van der Waals surface area contributed by atoms with Crippen molar-refractivity contribution in [2.45, 2.75) is 50.0 Å². The maximum absolute atomic E-state index is 12.8. The second-order valence-corrected chi connectivity index (χ2v) is 11.3. The lowest BCUT2D eigenvalue weighted by atomic mass is 10.1. The summed E-state index contributed by atoms with van der Waals surface area (Å²) in [6.07, 6.45) is -0.246. The summed E-state index contributed by atoms with van der Waals surface area (Å²) in [4.78, 5) is 111. The molecule has 0 aliphatic heterocycles. The number of carboxylic acids is 3. The maximum atomic E-state index is 12.8. The summed E-state index contributed by atoms with van der Waals surface area (Å²) >= 11 is 3.79. The average Bonchev–Trinajstić information content (AvgIpc) is 3.09. The smallest absolute Gasteiger partial charge is 0.327 e. The molecular weight excluding hydrogens is 710 g/mol. The number of carbonyl (C=O) groups is 7. The minimum atomic E-state index is -1.70. The highest BCUT2D eigenvalue weighted by molar-refractivity contribution is 7.80. The van der Waals surface area contributed by atoms with Crippen molar-refractivity contribution < 1.29 is 48.9 Å². The molecule has 0 saturated carbocycles. The number of hydrogen-bond donors (Lipinski definition) is 12. The Bertz CT molecular complexity index is 1890. The van der Waals surface area contributed by atoms with Crippen molar-refractivity contribution in [1.29, 1.82) is 0 Å². The van der Waals surface area contributed by atoms with E-state index in [2.05, 4.69) is 53.8 Å². The van der Waals surface area contributed by atoms with E-state index in [1.54, 1.807) is 12.1 Å². The molecule has 22 nitrogen and oxygen atoms in total. The molecule has 3 rings (SSSR count). The van der Waals surface area contributed by atoms with Gasteiger partial charge in [0.15, 0.2) is 11.2 Å². The van der Waals surface area contributed by atoms with Crippen LogP contribution in [0.3, 0.4) is 0 Å². The fourth-order valence-electron chi connectivity index (χ4n) is 4.29. The quantitative estimate of drug-likeness (QED) is 0.0537. The summed E-state index contributed by atoms with van der Waals surface area (Å²) in [5.41, 5.74) is 11.9. The molecule has 0 bridgehead atoms. The molecule has 0 radical (unpaired) electrons. The lowest BCUT2D eigenvalue weighted by Gasteiger charge is -2.21. The molecule has 52 heavy (non-hydrogen) atoms. The molecule has 278 valence electrons. The SMILES string of the molecule is Nc1nc2ncc(CNc3ccc(C(=O)N[C@H](CCC(=O)NC[C@@H](N)C(=O)N[C@@H](CC(=O)O)C(=O)N[C@@H](CS)C(=O)O)C(=O)O)cc3)nc2c(=O)[nH]1. The van der Waals surface area contributed by atoms with Crippen molar-refractivity contribution in [3.05, 3.63) is 52.1 Å². The van der Waals surface area contributed by atoms with Crippen LogP contribution in [0.2, 0.25) is 0 Å². The Hall–Kier alpha value is -6.36. The number of aromatic nitrogens is 4. The minimum absolute atomic E-state index is 0.00716. The lowest BCUT2D eigenvalue weighted by Crippen LogP contribution is -2.57. The molecule has 0 spiro atoms. The summed E-state index contributed by atoms with van der Waals surface area (Å²) < 4.78 is 0. The Morgan fingerprint density at radius 2 is 1.54 bits per heavy atom. The number of aromatic amines is 1. The van der Waals surface area contributed by atoms with Crippen molar-refractivity contribution in [2.24, 2.45) is 5.73 Å². The molecular formula is C29H35N11O11S. The summed E-state index contributed by atoms with van der Waals surface area (Å²) in [6.45, 7) is -0.339. The van der Waals surface area contributed by atoms with Crippen molar-refractivity contribution in [3.63, 3.8) is 0 Å². The molecule has 0 unspecified atom stereocenters. The van der Waals surface area contributed by atoms with E-state index in [9.17, 15) is 43.5 Å². The first-order chi connectivity index (χ1) is 24.6. The van der Waals surface area contributed by atoms with Crippen LogP contribution in [-0.2, 0) is 35.3 Å². The number of hydrogen-bond acceptors (Lipinski definition) is 15. The molecule has 23 heteroatoms. The van der Waals surface area contributed by atoms with E-state index < -0.39 is 90.6 Å². The molecule has 0 fully saturated rings. The first kappa shape index (κ1) is 40.1. The number of carbonyl (C=O) groups excluding carboxylic acids is 4. The fraction of sp³-hybridized carbons (Fsp3) is 0.345. The summed E-state index contributed by atoms with van der Waals surface area (Å²) in [5, 5.41) is 39.6. The van der Waals surface area contributed by atoms with Gasteiger partial charge in [0, 0.05) is 30.0 Å². The largest absolute Gasteiger partial charge is 0.481 e. The number of nitrogens with two attached hydrogens (primary N) is 2. The molecule has 2 aromatic heterocycles. The van der Waals surface area contributed by atoms with Crippen LogP contribution in [0.1, 0.15) is 35.3 Å². The van der Waals surface area contributed by atoms with Crippen LogP contribution in [0.5, 0.6) is 0 Å². The zero-order chi connectivity index (χ0) is 38.5. The van der Waals surface area contributed by atoms with Gasteiger partial charge in [0.05, 0.1) is 24.9 Å². The maximum Gasteiger partial charge on any atom is 0.327 e. The number of thiol groups is 1. The van der Waals surface area contributed by atoms with Crippen LogP contribution in [0, 0.1) is 0 Å². The summed E-state index contributed by atoms with van der Waals surface area (Å²) in [6, 6.07) is -0.170. The normalized spacial score (nSPS) is 13.1. The number of benzene rings is 1. The molecule has 0 aliphatic rings. The van der Waals surface area contributed by atoms with Gasteiger partial charge in [-0.1, -0.05) is 0 Å². The third-order valence-corrected chi connectivity index (χ3v) is 7.40. The first-order valence-corrected chi connectivity index (χ1v) is 15.8. The summed E-state index contributed by atoms with van der Waals surface area (Å²) in [7, 11) is 0. The Labute approximate surface area is 298 Å². The van der Waals surface area contributed by atoms with Gasteiger partial charge in [-0.05, 0) is 30.7 Å². The highest BCUT2D eigenvalue weighted by atomic mass is 32.1. The Balaban J connectivity index is 1.47. The van der Waals surface area contributed by atoms with Gasteiger partial charge in [0.1, 0.15) is 24.2 Å². The number of aliphatic carboxylic acids is 3. The molecule has 1 aromatic carbocycles. The second-order valence-electron chi connectivity index (χ2n) is 11.0. The van der Waals surface area contributed by atoms with Crippen LogP contribution in [0.4, 0.5) is 11.6 Å². The number of anilines is 2. The number of H-pyrrole nitrogens is 1. The van der Waals surface area contributed by atoms with Crippen molar-refractivity contribution in [3.8, 4) is 0 Å². The molecule has 3 aromatic rings. The zero-order valence-corrected chi connectivity index (χ0v) is 27.9. The first-order valence-electron chi connectivity index (χ1n) is 15.1. The number of fused-ring (bicyclic) bond motifs is 1. The average molecular weight is 746 g/mol. The highest BCUT2D eigenvalue weighted by Gasteiger charge is 2.29. The number of rotatable bonds is 19. The van der Waals surface area contributed by atoms with E-state index in [-0.39, 0.29) is 41.4 Å². The number of carboxylic acid groups (broad SMARTS) is 3. The van der Waals surface area contributed by atoms with E-state index in [0.717, 1.165) is 0 Å². The van der Waals surface area contributed by atoms with Crippen molar-refractivity contribution in [1.82, 2.24) is 41.2 Å². The number of nitrogens with one attached hydrogen (secondary N) is 6. The zero-order valence-electron chi connectivity index (χ0n) is 27.0. The van der Waals surface area contributed by atoms with E-state index in [1.807, 2.05) is 5.32 Å². The predicted molar refractivity (Wildman–Crippen MR) is 183 cm³/mol. The molecule has 0 aliphatic carbocycles. The monoisotopic (exact) mass is 745 g/mol. The number of amides is 4.